The zero-order valence-electron chi connectivity index (χ0n) is 15.4. The number of hydrogen-bond donors (Lipinski definition) is 2. The lowest BCUT2D eigenvalue weighted by Gasteiger charge is -2.26. The number of nitrogens with one attached hydrogen (secondary N) is 2. The molecule has 4 nitrogen and oxygen atoms in total. The molecule has 148 valence electrons. The van der Waals surface area contributed by atoms with Crippen LogP contribution in [0.5, 0.6) is 0 Å². The predicted molar refractivity (Wildman–Crippen MR) is 108 cm³/mol. The highest BCUT2D eigenvalue weighted by atomic mass is 32.2. The Bertz CT molecular complexity index is 1070. The van der Waals surface area contributed by atoms with Crippen LogP contribution in [0.4, 0.5) is 18.9 Å². The minimum Gasteiger partial charge on any atom is -0.324 e. The van der Waals surface area contributed by atoms with E-state index in [-0.39, 0.29) is 29.8 Å². The van der Waals surface area contributed by atoms with Gasteiger partial charge in [-0.1, -0.05) is 19.1 Å². The molecular weight excluding hydrogens is 397 g/mol. The molecule has 8 heteroatoms. The quantitative estimate of drug-likeness (QED) is 0.574. The summed E-state index contributed by atoms with van der Waals surface area (Å²) in [4.78, 5) is 9.11. The maximum atomic E-state index is 14.8. The molecule has 1 aliphatic heterocycles. The van der Waals surface area contributed by atoms with Gasteiger partial charge in [-0.25, -0.2) is 18.2 Å². The molecule has 29 heavy (non-hydrogen) atoms. The van der Waals surface area contributed by atoms with Gasteiger partial charge >= 0.3 is 0 Å². The predicted octanol–water partition coefficient (Wildman–Crippen LogP) is 5.23. The molecule has 0 saturated heterocycles. The molecule has 4 rings (SSSR count). The summed E-state index contributed by atoms with van der Waals surface area (Å²) in [5.74, 6) is -1.08. The Labute approximate surface area is 170 Å². The number of aromatic nitrogens is 1. The van der Waals surface area contributed by atoms with Gasteiger partial charge in [-0.15, -0.1) is 0 Å². The molecule has 0 spiro atoms. The number of halogens is 3. The monoisotopic (exact) mass is 414 g/mol. The smallest absolute Gasteiger partial charge is 0.206 e. The van der Waals surface area contributed by atoms with Crippen molar-refractivity contribution >= 4 is 23.6 Å². The van der Waals surface area contributed by atoms with Crippen LogP contribution in [0.25, 0.3) is 0 Å². The van der Waals surface area contributed by atoms with Crippen molar-refractivity contribution in [1.82, 2.24) is 9.71 Å². The summed E-state index contributed by atoms with van der Waals surface area (Å²) in [5.41, 5.74) is 2.06. The molecule has 1 unspecified atom stereocenters. The highest BCUT2D eigenvalue weighted by molar-refractivity contribution is 7.98. The van der Waals surface area contributed by atoms with Crippen LogP contribution in [0.15, 0.2) is 64.6 Å². The van der Waals surface area contributed by atoms with E-state index in [1.807, 2.05) is 6.92 Å². The fourth-order valence-corrected chi connectivity index (χ4v) is 3.86. The number of pyridine rings is 1. The van der Waals surface area contributed by atoms with E-state index in [1.165, 1.54) is 48.5 Å². The van der Waals surface area contributed by atoms with Gasteiger partial charge in [0, 0.05) is 17.7 Å². The summed E-state index contributed by atoms with van der Waals surface area (Å²) >= 11 is 1.29. The number of rotatable bonds is 4. The van der Waals surface area contributed by atoms with Gasteiger partial charge in [-0.2, -0.15) is 0 Å². The molecule has 3 aromatic rings. The number of nitrogens with zero attached hydrogens (tertiary/aromatic N) is 2. The second-order valence-corrected chi connectivity index (χ2v) is 7.38. The number of guanidine groups is 1. The molecule has 0 fully saturated rings. The molecular formula is C21H17F3N4S. The van der Waals surface area contributed by atoms with Crippen LogP contribution in [-0.2, 0) is 6.54 Å². The third-order valence-corrected chi connectivity index (χ3v) is 5.54. The molecule has 0 radical (unpaired) electrons. The lowest BCUT2D eigenvalue weighted by Crippen LogP contribution is -2.30. The van der Waals surface area contributed by atoms with Gasteiger partial charge in [0.15, 0.2) is 0 Å². The number of benzene rings is 2. The minimum absolute atomic E-state index is 0.0378. The number of hydrogen-bond acceptors (Lipinski definition) is 3. The van der Waals surface area contributed by atoms with Crippen molar-refractivity contribution in [3.8, 4) is 0 Å². The highest BCUT2D eigenvalue weighted by Gasteiger charge is 2.24. The molecule has 2 aromatic carbocycles. The number of fused-ring (bicyclic) bond motifs is 1. The molecule has 2 N–H and O–H groups in total. The lowest BCUT2D eigenvalue weighted by molar-refractivity contribution is 0.600. The molecule has 1 aliphatic rings. The Kier molecular flexibility index (Phi) is 5.44. The van der Waals surface area contributed by atoms with Crippen molar-refractivity contribution in [2.45, 2.75) is 24.3 Å². The third-order valence-electron chi connectivity index (χ3n) is 4.68. The van der Waals surface area contributed by atoms with Gasteiger partial charge in [-0.05, 0) is 53.9 Å². The van der Waals surface area contributed by atoms with Crippen LogP contribution >= 0.6 is 11.9 Å². The largest absolute Gasteiger partial charge is 0.324 e. The van der Waals surface area contributed by atoms with Gasteiger partial charge in [0.05, 0.1) is 22.8 Å². The summed E-state index contributed by atoms with van der Waals surface area (Å²) in [6, 6.07) is 11.9. The molecule has 1 atom stereocenters. The van der Waals surface area contributed by atoms with E-state index in [0.717, 1.165) is 10.5 Å². The Morgan fingerprint density at radius 2 is 1.83 bits per heavy atom. The Morgan fingerprint density at radius 1 is 1.03 bits per heavy atom. The molecule has 0 saturated carbocycles. The van der Waals surface area contributed by atoms with Crippen LogP contribution in [-0.4, -0.2) is 10.9 Å². The van der Waals surface area contributed by atoms with Crippen molar-refractivity contribution in [3.05, 3.63) is 89.0 Å². The average molecular weight is 414 g/mol. The van der Waals surface area contributed by atoms with Crippen molar-refractivity contribution in [1.29, 1.82) is 0 Å². The SMILES string of the molecule is CC(c1ccc(F)cc1)c1c(F)ccc2c1NC(=NCc1ncccc1F)NS2. The molecule has 0 bridgehead atoms. The number of anilines is 1. The summed E-state index contributed by atoms with van der Waals surface area (Å²) in [7, 11) is 0. The van der Waals surface area contributed by atoms with Crippen molar-refractivity contribution in [2.24, 2.45) is 4.99 Å². The van der Waals surface area contributed by atoms with Gasteiger partial charge in [0.2, 0.25) is 5.96 Å². The fourth-order valence-electron chi connectivity index (χ4n) is 3.14. The van der Waals surface area contributed by atoms with Crippen LogP contribution in [0.1, 0.15) is 29.7 Å². The number of aliphatic imine (C=N–C) groups is 1. The van der Waals surface area contributed by atoms with E-state index in [4.69, 9.17) is 0 Å². The fraction of sp³-hybridized carbons (Fsp3) is 0.143. The van der Waals surface area contributed by atoms with Crippen LogP contribution in [0, 0.1) is 17.5 Å². The standard InChI is InChI=1S/C21H17F3N4S/c1-12(13-4-6-14(22)7-5-13)19-16(24)8-9-18-20(19)27-21(28-29-18)26-11-17-15(23)3-2-10-25-17/h2-10,12H,11H2,1H3,(H2,26,27,28). The maximum Gasteiger partial charge on any atom is 0.206 e. The van der Waals surface area contributed by atoms with E-state index in [0.29, 0.717) is 17.2 Å². The first-order valence-electron chi connectivity index (χ1n) is 8.94. The van der Waals surface area contributed by atoms with Gasteiger partial charge in [0.1, 0.15) is 17.5 Å². The third kappa shape index (κ3) is 4.07. The van der Waals surface area contributed by atoms with E-state index in [1.54, 1.807) is 18.2 Å². The lowest BCUT2D eigenvalue weighted by atomic mass is 9.91. The zero-order valence-corrected chi connectivity index (χ0v) is 16.2. The first-order chi connectivity index (χ1) is 14.0. The summed E-state index contributed by atoms with van der Waals surface area (Å²) in [5, 5.41) is 3.11. The molecule has 1 aromatic heterocycles. The second kappa shape index (κ2) is 8.16. The van der Waals surface area contributed by atoms with Gasteiger partial charge < -0.3 is 5.32 Å². The minimum atomic E-state index is -0.433. The van der Waals surface area contributed by atoms with E-state index < -0.39 is 5.82 Å². The highest BCUT2D eigenvalue weighted by Crippen LogP contribution is 2.39. The Morgan fingerprint density at radius 3 is 2.59 bits per heavy atom. The van der Waals surface area contributed by atoms with Crippen LogP contribution in [0.2, 0.25) is 0 Å². The molecule has 2 heterocycles. The maximum absolute atomic E-state index is 14.8. The summed E-state index contributed by atoms with van der Waals surface area (Å²) < 4.78 is 44.8. The average Bonchev–Trinajstić information content (AvgIpc) is 2.73. The summed E-state index contributed by atoms with van der Waals surface area (Å²) in [6.07, 6.45) is 1.50. The van der Waals surface area contributed by atoms with Crippen LogP contribution in [0.3, 0.4) is 0 Å². The molecule has 0 amide bonds. The van der Waals surface area contributed by atoms with Gasteiger partial charge in [-0.3, -0.25) is 9.71 Å². The second-order valence-electron chi connectivity index (χ2n) is 6.53. The van der Waals surface area contributed by atoms with E-state index in [9.17, 15) is 13.2 Å². The summed E-state index contributed by atoms with van der Waals surface area (Å²) in [6.45, 7) is 1.90. The van der Waals surface area contributed by atoms with Crippen molar-refractivity contribution in [3.63, 3.8) is 0 Å². The van der Waals surface area contributed by atoms with Crippen molar-refractivity contribution < 1.29 is 13.2 Å². The Balaban J connectivity index is 1.65. The topological polar surface area (TPSA) is 49.3 Å². The first-order valence-corrected chi connectivity index (χ1v) is 9.76. The first kappa shape index (κ1) is 19.3. The Hall–Kier alpha value is -3.00. The molecule has 0 aliphatic carbocycles. The zero-order chi connectivity index (χ0) is 20.4. The van der Waals surface area contributed by atoms with Crippen molar-refractivity contribution in [2.75, 3.05) is 5.32 Å². The van der Waals surface area contributed by atoms with Gasteiger partial charge in [0.25, 0.3) is 0 Å². The van der Waals surface area contributed by atoms with E-state index >= 15 is 0 Å². The normalized spacial score (nSPS) is 15.4. The van der Waals surface area contributed by atoms with E-state index in [2.05, 4.69) is 20.0 Å². The van der Waals surface area contributed by atoms with Crippen LogP contribution < -0.4 is 10.0 Å².